The number of H-pyrrole nitrogens is 1. The summed E-state index contributed by atoms with van der Waals surface area (Å²) < 4.78 is 23.9. The second-order valence-electron chi connectivity index (χ2n) is 5.11. The van der Waals surface area contributed by atoms with E-state index in [1.807, 2.05) is 0 Å². The molecule has 1 aliphatic rings. The van der Waals surface area contributed by atoms with Crippen LogP contribution < -0.4 is 17.0 Å². The van der Waals surface area contributed by atoms with E-state index in [0.29, 0.717) is 10.8 Å². The molecule has 12 heteroatoms. The van der Waals surface area contributed by atoms with E-state index >= 15 is 0 Å². The summed E-state index contributed by atoms with van der Waals surface area (Å²) in [5.41, 5.74) is 3.06. The Labute approximate surface area is 140 Å². The zero-order chi connectivity index (χ0) is 17.3. The summed E-state index contributed by atoms with van der Waals surface area (Å²) in [6.45, 7) is 0.976. The average molecular weight is 370 g/mol. The van der Waals surface area contributed by atoms with E-state index in [1.54, 1.807) is 4.98 Å². The molecule has 5 atom stereocenters. The molecule has 0 amide bonds. The van der Waals surface area contributed by atoms with Crippen LogP contribution in [0, 0.1) is 5.82 Å². The van der Waals surface area contributed by atoms with Crippen LogP contribution in [-0.4, -0.2) is 56.7 Å². The van der Waals surface area contributed by atoms with Crippen LogP contribution in [-0.2, 0) is 14.3 Å². The standard InChI is InChI=1S/C12H16FN3O7.ClH/c1-4(14)11(20)22-3-6-7(17)8(18)10(23-6)16-2-5(13)9(19)15-12(16)21;/h2,4,6-8,10,17-18H,3,14H2,1H3,(H,15,19,21);1H/t4-,6+,7+,8+,10+;/m0./s1. The largest absolute Gasteiger partial charge is 0.462 e. The number of aliphatic hydroxyl groups excluding tert-OH is 2. The third-order valence-electron chi connectivity index (χ3n) is 3.30. The molecular weight excluding hydrogens is 353 g/mol. The van der Waals surface area contributed by atoms with Crippen LogP contribution in [0.1, 0.15) is 13.2 Å². The summed E-state index contributed by atoms with van der Waals surface area (Å²) >= 11 is 0. The second kappa shape index (κ2) is 7.85. The van der Waals surface area contributed by atoms with Crippen LogP contribution in [0.2, 0.25) is 0 Å². The Bertz CT molecular complexity index is 707. The number of carbonyl (C=O) groups excluding carboxylic acids is 1. The predicted molar refractivity (Wildman–Crippen MR) is 79.1 cm³/mol. The maximum atomic E-state index is 13.3. The van der Waals surface area contributed by atoms with Crippen molar-refractivity contribution in [2.24, 2.45) is 5.73 Å². The molecule has 0 aliphatic carbocycles. The van der Waals surface area contributed by atoms with Gasteiger partial charge in [0.15, 0.2) is 6.23 Å². The van der Waals surface area contributed by atoms with Gasteiger partial charge in [-0.15, -0.1) is 12.4 Å². The molecule has 0 aromatic carbocycles. The average Bonchev–Trinajstić information content (AvgIpc) is 2.76. The van der Waals surface area contributed by atoms with Gasteiger partial charge in [0.1, 0.15) is 31.0 Å². The normalized spacial score (nSPS) is 27.4. The van der Waals surface area contributed by atoms with Gasteiger partial charge in [-0.2, -0.15) is 4.39 Å². The van der Waals surface area contributed by atoms with Crippen molar-refractivity contribution in [3.63, 3.8) is 0 Å². The number of esters is 1. The Morgan fingerprint density at radius 2 is 2.12 bits per heavy atom. The van der Waals surface area contributed by atoms with Crippen LogP contribution in [0.15, 0.2) is 15.8 Å². The maximum absolute atomic E-state index is 13.3. The molecule has 0 radical (unpaired) electrons. The summed E-state index contributed by atoms with van der Waals surface area (Å²) in [6.07, 6.45) is -5.15. The van der Waals surface area contributed by atoms with Gasteiger partial charge in [0.05, 0.1) is 6.20 Å². The minimum Gasteiger partial charge on any atom is -0.462 e. The molecule has 0 saturated carbocycles. The lowest BCUT2D eigenvalue weighted by molar-refractivity contribution is -0.151. The molecule has 2 heterocycles. The summed E-state index contributed by atoms with van der Waals surface area (Å²) in [5, 5.41) is 19.8. The maximum Gasteiger partial charge on any atom is 0.330 e. The van der Waals surface area contributed by atoms with E-state index < -0.39 is 60.2 Å². The molecule has 136 valence electrons. The second-order valence-corrected chi connectivity index (χ2v) is 5.11. The molecule has 5 N–H and O–H groups in total. The van der Waals surface area contributed by atoms with E-state index in [1.165, 1.54) is 6.92 Å². The van der Waals surface area contributed by atoms with Crippen molar-refractivity contribution < 1.29 is 28.9 Å². The number of rotatable bonds is 4. The number of hydrogen-bond donors (Lipinski definition) is 4. The van der Waals surface area contributed by atoms with Gasteiger partial charge in [-0.3, -0.25) is 19.1 Å². The van der Waals surface area contributed by atoms with Gasteiger partial charge >= 0.3 is 11.7 Å². The quantitative estimate of drug-likeness (QED) is 0.428. The van der Waals surface area contributed by atoms with Gasteiger partial charge in [0.25, 0.3) is 5.56 Å². The van der Waals surface area contributed by atoms with E-state index in [4.69, 9.17) is 15.2 Å². The Kier molecular flexibility index (Phi) is 6.63. The number of aliphatic hydroxyl groups is 2. The Morgan fingerprint density at radius 1 is 1.50 bits per heavy atom. The predicted octanol–water partition coefficient (Wildman–Crippen LogP) is -2.39. The monoisotopic (exact) mass is 369 g/mol. The number of nitrogens with one attached hydrogen (secondary N) is 1. The molecule has 0 bridgehead atoms. The van der Waals surface area contributed by atoms with Crippen molar-refractivity contribution in [2.45, 2.75) is 37.5 Å². The number of ether oxygens (including phenoxy) is 2. The minimum absolute atomic E-state index is 0. The zero-order valence-corrected chi connectivity index (χ0v) is 13.2. The van der Waals surface area contributed by atoms with E-state index in [0.717, 1.165) is 0 Å². The summed E-state index contributed by atoms with van der Waals surface area (Å²) in [6, 6.07) is -0.884. The molecule has 0 unspecified atom stereocenters. The summed E-state index contributed by atoms with van der Waals surface area (Å²) in [4.78, 5) is 35.6. The molecule has 1 fully saturated rings. The SMILES string of the molecule is C[C@H](N)C(=O)OC[C@H]1O[C@@H](n2cc(F)c(=O)[nH]c2=O)[C@H](O)[C@@H]1O.Cl. The van der Waals surface area contributed by atoms with Crippen molar-refractivity contribution in [2.75, 3.05) is 6.61 Å². The minimum atomic E-state index is -1.60. The first-order valence-corrected chi connectivity index (χ1v) is 6.67. The lowest BCUT2D eigenvalue weighted by Crippen LogP contribution is -2.39. The Hall–Kier alpha value is -1.79. The smallest absolute Gasteiger partial charge is 0.330 e. The molecule has 10 nitrogen and oxygen atoms in total. The molecular formula is C12H17ClFN3O7. The van der Waals surface area contributed by atoms with Crippen molar-refractivity contribution >= 4 is 18.4 Å². The van der Waals surface area contributed by atoms with Crippen molar-refractivity contribution in [3.8, 4) is 0 Å². The van der Waals surface area contributed by atoms with E-state index in [-0.39, 0.29) is 12.4 Å². The molecule has 1 aromatic heterocycles. The topological polar surface area (TPSA) is 157 Å². The molecule has 1 aromatic rings. The number of halogens is 2. The fourth-order valence-corrected chi connectivity index (χ4v) is 2.04. The lowest BCUT2D eigenvalue weighted by Gasteiger charge is -2.17. The highest BCUT2D eigenvalue weighted by atomic mass is 35.5. The highest BCUT2D eigenvalue weighted by Gasteiger charge is 2.44. The van der Waals surface area contributed by atoms with Gasteiger partial charge in [-0.05, 0) is 6.92 Å². The Morgan fingerprint density at radius 3 is 2.71 bits per heavy atom. The number of nitrogens with two attached hydrogens (primary N) is 1. The number of hydrogen-bond acceptors (Lipinski definition) is 8. The highest BCUT2D eigenvalue weighted by Crippen LogP contribution is 2.28. The fourth-order valence-electron chi connectivity index (χ4n) is 2.04. The summed E-state index contributed by atoms with van der Waals surface area (Å²) in [5.74, 6) is -2.01. The van der Waals surface area contributed by atoms with Crippen LogP contribution in [0.4, 0.5) is 4.39 Å². The molecule has 2 rings (SSSR count). The first-order chi connectivity index (χ1) is 10.7. The van der Waals surface area contributed by atoms with E-state index in [2.05, 4.69) is 0 Å². The van der Waals surface area contributed by atoms with Gasteiger partial charge in [-0.1, -0.05) is 0 Å². The van der Waals surface area contributed by atoms with Crippen molar-refractivity contribution in [1.29, 1.82) is 0 Å². The molecule has 0 spiro atoms. The van der Waals surface area contributed by atoms with Gasteiger partial charge in [0.2, 0.25) is 5.82 Å². The number of nitrogens with zero attached hydrogens (tertiary/aromatic N) is 1. The van der Waals surface area contributed by atoms with Gasteiger partial charge < -0.3 is 25.4 Å². The molecule has 1 saturated heterocycles. The third kappa shape index (κ3) is 3.99. The van der Waals surface area contributed by atoms with Crippen LogP contribution >= 0.6 is 12.4 Å². The van der Waals surface area contributed by atoms with Gasteiger partial charge in [0, 0.05) is 0 Å². The zero-order valence-electron chi connectivity index (χ0n) is 12.4. The van der Waals surface area contributed by atoms with Crippen molar-refractivity contribution in [1.82, 2.24) is 9.55 Å². The van der Waals surface area contributed by atoms with E-state index in [9.17, 15) is 29.0 Å². The first kappa shape index (κ1) is 20.3. The first-order valence-electron chi connectivity index (χ1n) is 6.67. The fraction of sp³-hybridized carbons (Fsp3) is 0.583. The van der Waals surface area contributed by atoms with Gasteiger partial charge in [-0.25, -0.2) is 4.79 Å². The highest BCUT2D eigenvalue weighted by molar-refractivity contribution is 5.85. The Balaban J connectivity index is 0.00000288. The van der Waals surface area contributed by atoms with Crippen LogP contribution in [0.3, 0.4) is 0 Å². The molecule has 24 heavy (non-hydrogen) atoms. The third-order valence-corrected chi connectivity index (χ3v) is 3.30. The number of aromatic amines is 1. The van der Waals surface area contributed by atoms with Crippen LogP contribution in [0.25, 0.3) is 0 Å². The summed E-state index contributed by atoms with van der Waals surface area (Å²) in [7, 11) is 0. The van der Waals surface area contributed by atoms with Crippen LogP contribution in [0.5, 0.6) is 0 Å². The molecule has 1 aliphatic heterocycles. The lowest BCUT2D eigenvalue weighted by atomic mass is 10.1. The number of aromatic nitrogens is 2. The van der Waals surface area contributed by atoms with Crippen molar-refractivity contribution in [3.05, 3.63) is 32.9 Å². The number of carbonyl (C=O) groups is 1.